The molecule has 0 fully saturated rings. The first-order valence-corrected chi connectivity index (χ1v) is 7.77. The van der Waals surface area contributed by atoms with Crippen molar-refractivity contribution in [2.45, 2.75) is 0 Å². The second kappa shape index (κ2) is 7.42. The lowest BCUT2D eigenvalue weighted by Gasteiger charge is -2.12. The predicted molar refractivity (Wildman–Crippen MR) is 94.6 cm³/mol. The zero-order valence-electron chi connectivity index (χ0n) is 13.0. The van der Waals surface area contributed by atoms with Crippen LogP contribution in [0, 0.1) is 5.82 Å². The molecule has 5 nitrogen and oxygen atoms in total. The third-order valence-corrected chi connectivity index (χ3v) is 3.67. The summed E-state index contributed by atoms with van der Waals surface area (Å²) in [6, 6.07) is 12.1. The number of para-hydroxylation sites is 1. The van der Waals surface area contributed by atoms with Gasteiger partial charge in [0.25, 0.3) is 0 Å². The maximum atomic E-state index is 13.3. The molecule has 3 rings (SSSR count). The minimum Gasteiger partial charge on any atom is -0.383 e. The van der Waals surface area contributed by atoms with Crippen molar-refractivity contribution in [1.29, 1.82) is 0 Å². The molecule has 0 bridgehead atoms. The lowest BCUT2D eigenvalue weighted by molar-refractivity contribution is 0.210. The van der Waals surface area contributed by atoms with Crippen LogP contribution in [-0.4, -0.2) is 30.2 Å². The zero-order valence-corrected chi connectivity index (χ0v) is 13.8. The fourth-order valence-corrected chi connectivity index (χ4v) is 2.42. The maximum Gasteiger partial charge on any atom is 0.229 e. The number of anilines is 3. The Morgan fingerprint density at radius 2 is 2.00 bits per heavy atom. The number of fused-ring (bicyclic) bond motifs is 1. The van der Waals surface area contributed by atoms with E-state index in [1.54, 1.807) is 13.2 Å². The fraction of sp³-hybridized carbons (Fsp3) is 0.176. The highest BCUT2D eigenvalue weighted by Gasteiger charge is 2.08. The zero-order chi connectivity index (χ0) is 16.9. The van der Waals surface area contributed by atoms with Gasteiger partial charge in [-0.1, -0.05) is 23.7 Å². The highest BCUT2D eigenvalue weighted by molar-refractivity contribution is 6.31. The van der Waals surface area contributed by atoms with E-state index in [1.165, 1.54) is 12.1 Å². The predicted octanol–water partition coefficient (Wildman–Crippen LogP) is 4.22. The monoisotopic (exact) mass is 346 g/mol. The van der Waals surface area contributed by atoms with E-state index < -0.39 is 5.82 Å². The van der Waals surface area contributed by atoms with Crippen LogP contribution in [0.5, 0.6) is 0 Å². The van der Waals surface area contributed by atoms with Gasteiger partial charge in [0.2, 0.25) is 5.95 Å². The summed E-state index contributed by atoms with van der Waals surface area (Å²) >= 11 is 5.81. The summed E-state index contributed by atoms with van der Waals surface area (Å²) in [5, 5.41) is 7.24. The van der Waals surface area contributed by atoms with Crippen molar-refractivity contribution in [3.63, 3.8) is 0 Å². The number of hydrogen-bond acceptors (Lipinski definition) is 5. The number of methoxy groups -OCH3 is 1. The summed E-state index contributed by atoms with van der Waals surface area (Å²) in [6.07, 6.45) is 0. The molecule has 1 aromatic heterocycles. The molecule has 0 spiro atoms. The van der Waals surface area contributed by atoms with E-state index in [1.807, 2.05) is 24.3 Å². The van der Waals surface area contributed by atoms with Crippen molar-refractivity contribution >= 4 is 40.0 Å². The van der Waals surface area contributed by atoms with E-state index in [0.29, 0.717) is 30.6 Å². The Labute approximate surface area is 143 Å². The lowest BCUT2D eigenvalue weighted by Crippen LogP contribution is -2.10. The van der Waals surface area contributed by atoms with E-state index >= 15 is 0 Å². The molecule has 7 heteroatoms. The van der Waals surface area contributed by atoms with Crippen molar-refractivity contribution in [2.75, 3.05) is 30.9 Å². The highest BCUT2D eigenvalue weighted by atomic mass is 35.5. The van der Waals surface area contributed by atoms with E-state index in [2.05, 4.69) is 20.6 Å². The number of ether oxygens (including phenoxy) is 1. The summed E-state index contributed by atoms with van der Waals surface area (Å²) in [7, 11) is 1.64. The van der Waals surface area contributed by atoms with Crippen molar-refractivity contribution in [3.05, 3.63) is 53.3 Å². The Balaban J connectivity index is 1.93. The summed E-state index contributed by atoms with van der Waals surface area (Å²) in [5.41, 5.74) is 1.41. The summed E-state index contributed by atoms with van der Waals surface area (Å²) in [4.78, 5) is 8.98. The lowest BCUT2D eigenvalue weighted by atomic mass is 10.2. The van der Waals surface area contributed by atoms with E-state index in [0.717, 1.165) is 10.9 Å². The van der Waals surface area contributed by atoms with Crippen molar-refractivity contribution < 1.29 is 9.13 Å². The van der Waals surface area contributed by atoms with Crippen LogP contribution in [0.2, 0.25) is 5.02 Å². The minimum absolute atomic E-state index is 0.0410. The van der Waals surface area contributed by atoms with Gasteiger partial charge in [-0.2, -0.15) is 4.98 Å². The minimum atomic E-state index is -0.469. The average Bonchev–Trinajstić information content (AvgIpc) is 2.58. The van der Waals surface area contributed by atoms with Crippen LogP contribution in [0.15, 0.2) is 42.5 Å². The molecule has 0 atom stereocenters. The Kier molecular flexibility index (Phi) is 5.08. The van der Waals surface area contributed by atoms with Crippen molar-refractivity contribution in [3.8, 4) is 0 Å². The van der Waals surface area contributed by atoms with Gasteiger partial charge in [0.05, 0.1) is 17.1 Å². The van der Waals surface area contributed by atoms with Gasteiger partial charge in [0, 0.05) is 24.7 Å². The van der Waals surface area contributed by atoms with Gasteiger partial charge < -0.3 is 15.4 Å². The van der Waals surface area contributed by atoms with Gasteiger partial charge in [-0.15, -0.1) is 0 Å². The number of halogens is 2. The Morgan fingerprint density at radius 3 is 2.79 bits per heavy atom. The van der Waals surface area contributed by atoms with Gasteiger partial charge in [0.1, 0.15) is 11.6 Å². The van der Waals surface area contributed by atoms with Crippen LogP contribution >= 0.6 is 11.6 Å². The van der Waals surface area contributed by atoms with Crippen LogP contribution < -0.4 is 10.6 Å². The van der Waals surface area contributed by atoms with Crippen LogP contribution in [0.25, 0.3) is 10.9 Å². The van der Waals surface area contributed by atoms with Gasteiger partial charge in [0.15, 0.2) is 0 Å². The van der Waals surface area contributed by atoms with Crippen LogP contribution in [0.3, 0.4) is 0 Å². The molecule has 24 heavy (non-hydrogen) atoms. The van der Waals surface area contributed by atoms with E-state index in [4.69, 9.17) is 16.3 Å². The number of nitrogens with one attached hydrogen (secondary N) is 2. The first kappa shape index (κ1) is 16.4. The Morgan fingerprint density at radius 1 is 1.17 bits per heavy atom. The highest BCUT2D eigenvalue weighted by Crippen LogP contribution is 2.25. The molecule has 2 aromatic carbocycles. The summed E-state index contributed by atoms with van der Waals surface area (Å²) in [6.45, 7) is 1.19. The third kappa shape index (κ3) is 3.72. The van der Waals surface area contributed by atoms with Gasteiger partial charge in [-0.05, 0) is 30.3 Å². The number of rotatable bonds is 6. The summed E-state index contributed by atoms with van der Waals surface area (Å²) < 4.78 is 18.3. The smallest absolute Gasteiger partial charge is 0.229 e. The van der Waals surface area contributed by atoms with Crippen molar-refractivity contribution in [2.24, 2.45) is 0 Å². The Bertz CT molecular complexity index is 859. The number of hydrogen-bond donors (Lipinski definition) is 2. The molecule has 0 unspecified atom stereocenters. The summed E-state index contributed by atoms with van der Waals surface area (Å²) in [5.74, 6) is 0.633. The molecule has 0 saturated carbocycles. The second-order valence-electron chi connectivity index (χ2n) is 5.09. The second-order valence-corrected chi connectivity index (χ2v) is 5.49. The molecule has 1 heterocycles. The van der Waals surface area contributed by atoms with E-state index in [9.17, 15) is 4.39 Å². The maximum absolute atomic E-state index is 13.3. The molecule has 0 aliphatic rings. The van der Waals surface area contributed by atoms with Gasteiger partial charge in [-0.25, -0.2) is 9.37 Å². The molecule has 0 radical (unpaired) electrons. The van der Waals surface area contributed by atoms with Gasteiger partial charge >= 0.3 is 0 Å². The standard InChI is InChI=1S/C17H16ClFN4O/c1-24-9-8-20-16-12-4-2-3-5-15(12)22-17(23-16)21-11-6-7-14(19)13(18)10-11/h2-7,10H,8-9H2,1H3,(H2,20,21,22,23). The molecular formula is C17H16ClFN4O. The van der Waals surface area contributed by atoms with E-state index in [-0.39, 0.29) is 5.02 Å². The molecule has 2 N–H and O–H groups in total. The topological polar surface area (TPSA) is 59.1 Å². The molecule has 0 aliphatic heterocycles. The molecule has 0 aliphatic carbocycles. The average molecular weight is 347 g/mol. The van der Waals surface area contributed by atoms with Crippen LogP contribution in [0.4, 0.5) is 21.8 Å². The molecule has 3 aromatic rings. The molecule has 124 valence electrons. The third-order valence-electron chi connectivity index (χ3n) is 3.38. The number of aromatic nitrogens is 2. The molecule has 0 saturated heterocycles. The Hall–Kier alpha value is -2.44. The largest absolute Gasteiger partial charge is 0.383 e. The van der Waals surface area contributed by atoms with Gasteiger partial charge in [-0.3, -0.25) is 0 Å². The fourth-order valence-electron chi connectivity index (χ4n) is 2.24. The normalized spacial score (nSPS) is 10.8. The van der Waals surface area contributed by atoms with Crippen molar-refractivity contribution in [1.82, 2.24) is 9.97 Å². The first-order valence-electron chi connectivity index (χ1n) is 7.39. The quantitative estimate of drug-likeness (QED) is 0.654. The first-order chi connectivity index (χ1) is 11.7. The molecular weight excluding hydrogens is 331 g/mol. The number of benzene rings is 2. The number of nitrogens with zero attached hydrogens (tertiary/aromatic N) is 2. The van der Waals surface area contributed by atoms with Crippen LogP contribution in [-0.2, 0) is 4.74 Å². The van der Waals surface area contributed by atoms with Crippen LogP contribution in [0.1, 0.15) is 0 Å². The SMILES string of the molecule is COCCNc1nc(Nc2ccc(F)c(Cl)c2)nc2ccccc12. The molecule has 0 amide bonds.